The predicted octanol–water partition coefficient (Wildman–Crippen LogP) is 1.68. The molecular formula is C12H14ClN3O4. The molecule has 1 fully saturated rings. The van der Waals surface area contributed by atoms with Crippen molar-refractivity contribution in [3.8, 4) is 0 Å². The normalized spacial score (nSPS) is 22.3. The number of hydrogen-bond donors (Lipinski definition) is 2. The number of carbonyl (C=O) groups excluding carboxylic acids is 1. The second-order valence-electron chi connectivity index (χ2n) is 4.69. The van der Waals surface area contributed by atoms with Crippen molar-refractivity contribution in [2.45, 2.75) is 37.8 Å². The van der Waals surface area contributed by atoms with E-state index in [0.717, 1.165) is 12.8 Å². The van der Waals surface area contributed by atoms with Crippen molar-refractivity contribution in [2.24, 2.45) is 0 Å². The third-order valence-electron chi connectivity index (χ3n) is 3.35. The van der Waals surface area contributed by atoms with Crippen molar-refractivity contribution in [1.29, 1.82) is 0 Å². The van der Waals surface area contributed by atoms with Crippen LogP contribution in [0.25, 0.3) is 0 Å². The first kappa shape index (κ1) is 14.7. The minimum absolute atomic E-state index is 0.146. The van der Waals surface area contributed by atoms with E-state index < -0.39 is 22.6 Å². The highest BCUT2D eigenvalue weighted by Crippen LogP contribution is 2.26. The molecule has 1 heterocycles. The number of amides is 1. The molecule has 1 aliphatic rings. The van der Waals surface area contributed by atoms with Crippen molar-refractivity contribution in [3.63, 3.8) is 0 Å². The molecule has 0 aromatic carbocycles. The molecule has 8 heteroatoms. The molecule has 0 bridgehead atoms. The maximum absolute atomic E-state index is 12.1. The summed E-state index contributed by atoms with van der Waals surface area (Å²) in [6.07, 6.45) is 3.70. The van der Waals surface area contributed by atoms with Crippen LogP contribution in [0.2, 0.25) is 5.15 Å². The third-order valence-corrected chi connectivity index (χ3v) is 3.63. The molecule has 1 aliphatic carbocycles. The van der Waals surface area contributed by atoms with Gasteiger partial charge in [-0.25, -0.2) is 4.98 Å². The summed E-state index contributed by atoms with van der Waals surface area (Å²) in [4.78, 5) is 25.9. The van der Waals surface area contributed by atoms with E-state index in [4.69, 9.17) is 11.6 Å². The van der Waals surface area contributed by atoms with E-state index in [1.54, 1.807) is 0 Å². The minimum atomic E-state index is -0.735. The van der Waals surface area contributed by atoms with Gasteiger partial charge in [0.25, 0.3) is 5.91 Å². The van der Waals surface area contributed by atoms with Crippen molar-refractivity contribution in [1.82, 2.24) is 10.3 Å². The Kier molecular flexibility index (Phi) is 4.51. The predicted molar refractivity (Wildman–Crippen MR) is 71.6 cm³/mol. The van der Waals surface area contributed by atoms with Gasteiger partial charge < -0.3 is 10.4 Å². The molecular weight excluding hydrogens is 286 g/mol. The first-order valence-corrected chi connectivity index (χ1v) is 6.66. The van der Waals surface area contributed by atoms with Crippen molar-refractivity contribution in [3.05, 3.63) is 33.1 Å². The largest absolute Gasteiger partial charge is 0.391 e. The molecule has 2 N–H and O–H groups in total. The number of aliphatic hydroxyl groups excluding tert-OH is 1. The van der Waals surface area contributed by atoms with Crippen molar-refractivity contribution >= 4 is 23.2 Å². The van der Waals surface area contributed by atoms with E-state index in [0.29, 0.717) is 12.8 Å². The molecule has 108 valence electrons. The lowest BCUT2D eigenvalue weighted by molar-refractivity contribution is -0.385. The second kappa shape index (κ2) is 6.15. The highest BCUT2D eigenvalue weighted by molar-refractivity contribution is 6.32. The van der Waals surface area contributed by atoms with E-state index in [1.165, 1.54) is 12.3 Å². The summed E-state index contributed by atoms with van der Waals surface area (Å²) < 4.78 is 0. The van der Waals surface area contributed by atoms with Gasteiger partial charge in [0.1, 0.15) is 5.56 Å². The fourth-order valence-corrected chi connectivity index (χ4v) is 2.54. The van der Waals surface area contributed by atoms with E-state index in [9.17, 15) is 20.0 Å². The van der Waals surface area contributed by atoms with Crippen LogP contribution in [0.3, 0.4) is 0 Å². The maximum Gasteiger partial charge on any atom is 0.319 e. The molecule has 1 saturated carbocycles. The quantitative estimate of drug-likeness (QED) is 0.502. The van der Waals surface area contributed by atoms with Gasteiger partial charge in [-0.3, -0.25) is 14.9 Å². The van der Waals surface area contributed by atoms with Crippen LogP contribution in [0.5, 0.6) is 0 Å². The number of aromatic nitrogens is 1. The second-order valence-corrected chi connectivity index (χ2v) is 5.04. The smallest absolute Gasteiger partial charge is 0.319 e. The van der Waals surface area contributed by atoms with Crippen LogP contribution in [0, 0.1) is 10.1 Å². The molecule has 2 rings (SSSR count). The van der Waals surface area contributed by atoms with Crippen molar-refractivity contribution < 1.29 is 14.8 Å². The molecule has 0 unspecified atom stereocenters. The number of carbonyl (C=O) groups is 1. The van der Waals surface area contributed by atoms with Gasteiger partial charge in [0.2, 0.25) is 5.15 Å². The SMILES string of the molecule is O=C(N[C@@H]1CCCC[C@H]1O)c1ccnc(Cl)c1[N+](=O)[O-]. The topological polar surface area (TPSA) is 105 Å². The Hall–Kier alpha value is -1.73. The lowest BCUT2D eigenvalue weighted by Crippen LogP contribution is -2.45. The summed E-state index contributed by atoms with van der Waals surface area (Å²) in [6, 6.07) is 0.858. The summed E-state index contributed by atoms with van der Waals surface area (Å²) in [7, 11) is 0. The van der Waals surface area contributed by atoms with Crippen molar-refractivity contribution in [2.75, 3.05) is 0 Å². The maximum atomic E-state index is 12.1. The van der Waals surface area contributed by atoms with E-state index in [-0.39, 0.29) is 16.8 Å². The summed E-state index contributed by atoms with van der Waals surface area (Å²) in [5.41, 5.74) is -0.662. The lowest BCUT2D eigenvalue weighted by atomic mass is 9.92. The molecule has 0 radical (unpaired) electrons. The molecule has 7 nitrogen and oxygen atoms in total. The van der Waals surface area contributed by atoms with E-state index >= 15 is 0 Å². The molecule has 0 aliphatic heterocycles. The average Bonchev–Trinajstić information content (AvgIpc) is 2.40. The average molecular weight is 300 g/mol. The van der Waals surface area contributed by atoms with Gasteiger partial charge in [0, 0.05) is 6.20 Å². The van der Waals surface area contributed by atoms with Crippen LogP contribution in [0.15, 0.2) is 12.3 Å². The standard InChI is InChI=1S/C12H14ClN3O4/c13-11-10(16(19)20)7(5-6-14-11)12(18)15-8-3-1-2-4-9(8)17/h5-6,8-9,17H,1-4H2,(H,15,18)/t8-,9-/m1/s1. The fourth-order valence-electron chi connectivity index (χ4n) is 2.31. The van der Waals surface area contributed by atoms with Crippen LogP contribution in [-0.4, -0.2) is 33.1 Å². The number of hydrogen-bond acceptors (Lipinski definition) is 5. The Bertz CT molecular complexity index is 537. The van der Waals surface area contributed by atoms with Crippen LogP contribution in [0.4, 0.5) is 5.69 Å². The van der Waals surface area contributed by atoms with Gasteiger partial charge in [0.15, 0.2) is 0 Å². The molecule has 0 spiro atoms. The number of nitrogens with zero attached hydrogens (tertiary/aromatic N) is 2. The Morgan fingerprint density at radius 1 is 1.50 bits per heavy atom. The number of pyridine rings is 1. The van der Waals surface area contributed by atoms with Gasteiger partial charge in [-0.05, 0) is 18.9 Å². The number of nitrogens with one attached hydrogen (secondary N) is 1. The van der Waals surface area contributed by atoms with Gasteiger partial charge in [0.05, 0.1) is 17.1 Å². The van der Waals surface area contributed by atoms with Crippen LogP contribution < -0.4 is 5.32 Å². The number of rotatable bonds is 3. The summed E-state index contributed by atoms with van der Waals surface area (Å²) in [5, 5.41) is 23.1. The van der Waals surface area contributed by atoms with Crippen LogP contribution >= 0.6 is 11.6 Å². The molecule has 1 amide bonds. The zero-order valence-corrected chi connectivity index (χ0v) is 11.3. The highest BCUT2D eigenvalue weighted by Gasteiger charge is 2.29. The molecule has 1 aromatic rings. The molecule has 2 atom stereocenters. The Balaban J connectivity index is 2.21. The zero-order chi connectivity index (χ0) is 14.7. The third kappa shape index (κ3) is 3.05. The molecule has 1 aromatic heterocycles. The number of nitro groups is 1. The summed E-state index contributed by atoms with van der Waals surface area (Å²) in [5.74, 6) is -0.619. The molecule has 20 heavy (non-hydrogen) atoms. The Labute approximate surface area is 120 Å². The lowest BCUT2D eigenvalue weighted by Gasteiger charge is -2.28. The van der Waals surface area contributed by atoms with E-state index in [1.807, 2.05) is 0 Å². The first-order chi connectivity index (χ1) is 9.50. The minimum Gasteiger partial charge on any atom is -0.391 e. The highest BCUT2D eigenvalue weighted by atomic mass is 35.5. The first-order valence-electron chi connectivity index (χ1n) is 6.28. The van der Waals surface area contributed by atoms with Crippen LogP contribution in [-0.2, 0) is 0 Å². The van der Waals surface area contributed by atoms with Gasteiger partial charge >= 0.3 is 5.69 Å². The van der Waals surface area contributed by atoms with Crippen LogP contribution in [0.1, 0.15) is 36.0 Å². The summed E-state index contributed by atoms with van der Waals surface area (Å²) in [6.45, 7) is 0. The monoisotopic (exact) mass is 299 g/mol. The molecule has 0 saturated heterocycles. The van der Waals surface area contributed by atoms with E-state index in [2.05, 4.69) is 10.3 Å². The fraction of sp³-hybridized carbons (Fsp3) is 0.500. The summed E-state index contributed by atoms with van der Waals surface area (Å²) >= 11 is 5.66. The van der Waals surface area contributed by atoms with Gasteiger partial charge in [-0.1, -0.05) is 24.4 Å². The number of halogens is 1. The number of aliphatic hydroxyl groups is 1. The van der Waals surface area contributed by atoms with Gasteiger partial charge in [-0.15, -0.1) is 0 Å². The van der Waals surface area contributed by atoms with Gasteiger partial charge in [-0.2, -0.15) is 0 Å². The Morgan fingerprint density at radius 3 is 2.85 bits per heavy atom. The zero-order valence-electron chi connectivity index (χ0n) is 10.6. The Morgan fingerprint density at radius 2 is 2.20 bits per heavy atom.